The van der Waals surface area contributed by atoms with Crippen molar-refractivity contribution in [3.63, 3.8) is 0 Å². The van der Waals surface area contributed by atoms with Gasteiger partial charge in [0, 0.05) is 44.9 Å². The van der Waals surface area contributed by atoms with E-state index in [0.717, 1.165) is 18.2 Å². The van der Waals surface area contributed by atoms with Crippen molar-refractivity contribution in [2.24, 2.45) is 0 Å². The van der Waals surface area contributed by atoms with E-state index in [9.17, 15) is 14.9 Å². The first-order valence-corrected chi connectivity index (χ1v) is 8.86. The SMILES string of the molecule is CCNc1cc(N2CCN(C(=O)c3ccccc3[N+](=O)[O-])CC2)nc(C)n1. The summed E-state index contributed by atoms with van der Waals surface area (Å²) in [6.45, 7) is 6.79. The van der Waals surface area contributed by atoms with Crippen LogP contribution in [-0.4, -0.2) is 58.4 Å². The lowest BCUT2D eigenvalue weighted by atomic mass is 10.1. The van der Waals surface area contributed by atoms with Crippen LogP contribution in [0.15, 0.2) is 30.3 Å². The van der Waals surface area contributed by atoms with E-state index >= 15 is 0 Å². The minimum atomic E-state index is -0.518. The van der Waals surface area contributed by atoms with Gasteiger partial charge in [0.2, 0.25) is 0 Å². The van der Waals surface area contributed by atoms with Gasteiger partial charge in [-0.2, -0.15) is 0 Å². The van der Waals surface area contributed by atoms with Gasteiger partial charge in [0.15, 0.2) is 0 Å². The summed E-state index contributed by atoms with van der Waals surface area (Å²) in [5.41, 5.74) is -0.0325. The highest BCUT2D eigenvalue weighted by molar-refractivity contribution is 5.98. The lowest BCUT2D eigenvalue weighted by Gasteiger charge is -2.35. The number of amides is 1. The van der Waals surface area contributed by atoms with Gasteiger partial charge in [-0.15, -0.1) is 0 Å². The number of nitrogens with zero attached hydrogens (tertiary/aromatic N) is 5. The summed E-state index contributed by atoms with van der Waals surface area (Å²) < 4.78 is 0. The number of para-hydroxylation sites is 1. The van der Waals surface area contributed by atoms with Crippen LogP contribution in [0.25, 0.3) is 0 Å². The van der Waals surface area contributed by atoms with Crippen LogP contribution in [0.5, 0.6) is 0 Å². The van der Waals surface area contributed by atoms with E-state index in [4.69, 9.17) is 0 Å². The molecule has 3 rings (SSSR count). The smallest absolute Gasteiger partial charge is 0.282 e. The number of nitro groups is 1. The molecule has 1 saturated heterocycles. The van der Waals surface area contributed by atoms with Crippen LogP contribution < -0.4 is 10.2 Å². The molecule has 2 aromatic rings. The van der Waals surface area contributed by atoms with Crippen molar-refractivity contribution in [1.29, 1.82) is 0 Å². The highest BCUT2D eigenvalue weighted by atomic mass is 16.6. The fraction of sp³-hybridized carbons (Fsp3) is 0.389. The molecule has 142 valence electrons. The van der Waals surface area contributed by atoms with Crippen molar-refractivity contribution in [2.45, 2.75) is 13.8 Å². The second-order valence-electron chi connectivity index (χ2n) is 6.24. The summed E-state index contributed by atoms with van der Waals surface area (Å²) in [5, 5.41) is 14.4. The molecular weight excluding hydrogens is 348 g/mol. The first-order valence-electron chi connectivity index (χ1n) is 8.86. The summed E-state index contributed by atoms with van der Waals surface area (Å²) in [6, 6.07) is 7.96. The van der Waals surface area contributed by atoms with Crippen molar-refractivity contribution in [1.82, 2.24) is 14.9 Å². The Balaban J connectivity index is 1.71. The first kappa shape index (κ1) is 18.6. The average molecular weight is 370 g/mol. The van der Waals surface area contributed by atoms with E-state index < -0.39 is 4.92 Å². The molecule has 0 spiro atoms. The summed E-state index contributed by atoms with van der Waals surface area (Å²) in [7, 11) is 0. The number of aromatic nitrogens is 2. The third-order valence-electron chi connectivity index (χ3n) is 4.40. The second kappa shape index (κ2) is 7.98. The third-order valence-corrected chi connectivity index (χ3v) is 4.40. The summed E-state index contributed by atoms with van der Waals surface area (Å²) >= 11 is 0. The molecule has 0 aliphatic carbocycles. The van der Waals surface area contributed by atoms with Crippen molar-refractivity contribution in [3.8, 4) is 0 Å². The van der Waals surface area contributed by atoms with Gasteiger partial charge in [-0.25, -0.2) is 9.97 Å². The van der Waals surface area contributed by atoms with Gasteiger partial charge < -0.3 is 15.1 Å². The van der Waals surface area contributed by atoms with Crippen LogP contribution >= 0.6 is 0 Å². The van der Waals surface area contributed by atoms with Gasteiger partial charge in [0.25, 0.3) is 11.6 Å². The topological polar surface area (TPSA) is 104 Å². The zero-order valence-electron chi connectivity index (χ0n) is 15.4. The quantitative estimate of drug-likeness (QED) is 0.635. The molecule has 27 heavy (non-hydrogen) atoms. The molecule has 2 heterocycles. The van der Waals surface area contributed by atoms with Gasteiger partial charge in [0.1, 0.15) is 23.0 Å². The van der Waals surface area contributed by atoms with Crippen molar-refractivity contribution in [2.75, 3.05) is 42.9 Å². The lowest BCUT2D eigenvalue weighted by molar-refractivity contribution is -0.385. The van der Waals surface area contributed by atoms with E-state index in [1.54, 1.807) is 17.0 Å². The number of anilines is 2. The highest BCUT2D eigenvalue weighted by Crippen LogP contribution is 2.22. The Labute approximate surface area is 157 Å². The Morgan fingerprint density at radius 2 is 1.93 bits per heavy atom. The average Bonchev–Trinajstić information content (AvgIpc) is 2.67. The number of benzene rings is 1. The maximum Gasteiger partial charge on any atom is 0.282 e. The molecule has 1 aliphatic rings. The minimum Gasteiger partial charge on any atom is -0.370 e. The number of piperazine rings is 1. The number of nitrogens with one attached hydrogen (secondary N) is 1. The predicted octanol–water partition coefficient (Wildman–Crippen LogP) is 2.09. The summed E-state index contributed by atoms with van der Waals surface area (Å²) in [6.07, 6.45) is 0. The molecule has 1 aliphatic heterocycles. The maximum absolute atomic E-state index is 12.7. The van der Waals surface area contributed by atoms with Gasteiger partial charge in [-0.1, -0.05) is 12.1 Å². The Hall–Kier alpha value is -3.23. The van der Waals surface area contributed by atoms with Crippen molar-refractivity contribution < 1.29 is 9.72 Å². The zero-order valence-corrected chi connectivity index (χ0v) is 15.4. The normalized spacial score (nSPS) is 14.1. The standard InChI is InChI=1S/C18H22N6O3/c1-3-19-16-12-17(21-13(2)20-16)22-8-10-23(11-9-22)18(25)14-6-4-5-7-15(14)24(26)27/h4-7,12H,3,8-11H2,1-2H3,(H,19,20,21). The maximum atomic E-state index is 12.7. The number of aryl methyl sites for hydroxylation is 1. The molecule has 0 saturated carbocycles. The van der Waals surface area contributed by atoms with Gasteiger partial charge >= 0.3 is 0 Å². The van der Waals surface area contributed by atoms with Crippen LogP contribution in [0.2, 0.25) is 0 Å². The number of hydrogen-bond donors (Lipinski definition) is 1. The molecule has 9 heteroatoms. The van der Waals surface area contributed by atoms with E-state index in [2.05, 4.69) is 20.2 Å². The molecule has 0 unspecified atom stereocenters. The predicted molar refractivity (Wildman–Crippen MR) is 102 cm³/mol. The molecule has 0 radical (unpaired) electrons. The lowest BCUT2D eigenvalue weighted by Crippen LogP contribution is -2.49. The second-order valence-corrected chi connectivity index (χ2v) is 6.24. The zero-order chi connectivity index (χ0) is 19.4. The van der Waals surface area contributed by atoms with E-state index in [1.807, 2.05) is 19.9 Å². The third kappa shape index (κ3) is 4.13. The Bertz CT molecular complexity index is 849. The Morgan fingerprint density at radius 1 is 1.22 bits per heavy atom. The van der Waals surface area contributed by atoms with E-state index in [-0.39, 0.29) is 17.2 Å². The minimum absolute atomic E-state index is 0.128. The van der Waals surface area contributed by atoms with Crippen LogP contribution in [0.4, 0.5) is 17.3 Å². The van der Waals surface area contributed by atoms with Crippen LogP contribution in [0.3, 0.4) is 0 Å². The van der Waals surface area contributed by atoms with Crippen molar-refractivity contribution >= 4 is 23.2 Å². The van der Waals surface area contributed by atoms with E-state index in [0.29, 0.717) is 32.0 Å². The van der Waals surface area contributed by atoms with Crippen LogP contribution in [0, 0.1) is 17.0 Å². The fourth-order valence-corrected chi connectivity index (χ4v) is 3.11. The van der Waals surface area contributed by atoms with Gasteiger partial charge in [-0.05, 0) is 19.9 Å². The van der Waals surface area contributed by atoms with Gasteiger partial charge in [0.05, 0.1) is 4.92 Å². The number of hydrogen-bond acceptors (Lipinski definition) is 7. The summed E-state index contributed by atoms with van der Waals surface area (Å²) in [4.78, 5) is 36.0. The summed E-state index contributed by atoms with van der Waals surface area (Å²) in [5.74, 6) is 1.96. The molecule has 1 N–H and O–H groups in total. The number of nitro benzene ring substituents is 1. The Morgan fingerprint density at radius 3 is 2.59 bits per heavy atom. The molecule has 1 aromatic carbocycles. The monoisotopic (exact) mass is 370 g/mol. The fourth-order valence-electron chi connectivity index (χ4n) is 3.11. The first-order chi connectivity index (χ1) is 13.0. The number of carbonyl (C=O) groups is 1. The molecule has 9 nitrogen and oxygen atoms in total. The molecular formula is C18H22N6O3. The Kier molecular flexibility index (Phi) is 5.49. The highest BCUT2D eigenvalue weighted by Gasteiger charge is 2.27. The molecule has 1 fully saturated rings. The number of rotatable bonds is 5. The van der Waals surface area contributed by atoms with Crippen LogP contribution in [-0.2, 0) is 0 Å². The molecule has 0 bridgehead atoms. The molecule has 0 atom stereocenters. The molecule has 1 aromatic heterocycles. The van der Waals surface area contributed by atoms with Gasteiger partial charge in [-0.3, -0.25) is 14.9 Å². The number of carbonyl (C=O) groups excluding carboxylic acids is 1. The van der Waals surface area contributed by atoms with Crippen molar-refractivity contribution in [3.05, 3.63) is 51.8 Å². The molecule has 1 amide bonds. The van der Waals surface area contributed by atoms with Crippen LogP contribution in [0.1, 0.15) is 23.1 Å². The van der Waals surface area contributed by atoms with E-state index in [1.165, 1.54) is 12.1 Å². The largest absolute Gasteiger partial charge is 0.370 e.